The fourth-order valence-corrected chi connectivity index (χ4v) is 4.95. The first-order chi connectivity index (χ1) is 16.7. The van der Waals surface area contributed by atoms with E-state index in [0.29, 0.717) is 44.5 Å². The third-order valence-corrected chi connectivity index (χ3v) is 7.01. The smallest absolute Gasteiger partial charge is 0.256 e. The fraction of sp³-hybridized carbons (Fsp3) is 0.192. The molecule has 2 amide bonds. The van der Waals surface area contributed by atoms with Crippen LogP contribution in [0.3, 0.4) is 0 Å². The van der Waals surface area contributed by atoms with Crippen molar-refractivity contribution in [1.82, 2.24) is 4.90 Å². The van der Waals surface area contributed by atoms with Crippen LogP contribution in [0.1, 0.15) is 17.5 Å². The van der Waals surface area contributed by atoms with Crippen molar-refractivity contribution in [2.75, 3.05) is 16.8 Å². The van der Waals surface area contributed by atoms with Crippen LogP contribution in [0.25, 0.3) is 0 Å². The number of halogens is 3. The lowest BCUT2D eigenvalue weighted by molar-refractivity contribution is -0.124. The Hall–Kier alpha value is -2.64. The van der Waals surface area contributed by atoms with E-state index >= 15 is 0 Å². The molecule has 35 heavy (non-hydrogen) atoms. The number of benzene rings is 3. The number of rotatable bonds is 7. The van der Waals surface area contributed by atoms with Gasteiger partial charge in [-0.3, -0.25) is 14.5 Å². The second-order valence-corrected chi connectivity index (χ2v) is 9.89. The topological polar surface area (TPSA) is 52.7 Å². The lowest BCUT2D eigenvalue weighted by Crippen LogP contribution is -2.39. The molecular formula is C26H22Cl3N3O2S. The highest BCUT2D eigenvalue weighted by Crippen LogP contribution is 2.29. The van der Waals surface area contributed by atoms with Gasteiger partial charge in [0.15, 0.2) is 5.11 Å². The lowest BCUT2D eigenvalue weighted by atomic mass is 10.1. The Kier molecular flexibility index (Phi) is 7.97. The molecule has 3 aromatic carbocycles. The van der Waals surface area contributed by atoms with E-state index in [4.69, 9.17) is 47.0 Å². The Morgan fingerprint density at radius 2 is 1.63 bits per heavy atom. The summed E-state index contributed by atoms with van der Waals surface area (Å²) in [5.41, 5.74) is 3.21. The zero-order valence-corrected chi connectivity index (χ0v) is 21.9. The predicted molar refractivity (Wildman–Crippen MR) is 147 cm³/mol. The van der Waals surface area contributed by atoms with Gasteiger partial charge in [0.2, 0.25) is 5.91 Å². The number of nitrogens with zero attached hydrogens (tertiary/aromatic N) is 2. The largest absolute Gasteiger partial charge is 0.336 e. The van der Waals surface area contributed by atoms with Gasteiger partial charge >= 0.3 is 0 Å². The van der Waals surface area contributed by atoms with Crippen LogP contribution in [0, 0.1) is 6.92 Å². The van der Waals surface area contributed by atoms with E-state index in [1.807, 2.05) is 37.3 Å². The van der Waals surface area contributed by atoms with Crippen molar-refractivity contribution in [2.24, 2.45) is 0 Å². The van der Waals surface area contributed by atoms with Gasteiger partial charge < -0.3 is 10.2 Å². The van der Waals surface area contributed by atoms with Gasteiger partial charge in [-0.1, -0.05) is 58.6 Å². The van der Waals surface area contributed by atoms with E-state index in [1.165, 1.54) is 4.90 Å². The van der Waals surface area contributed by atoms with E-state index in [9.17, 15) is 9.59 Å². The van der Waals surface area contributed by atoms with Crippen LogP contribution in [0.5, 0.6) is 0 Å². The minimum absolute atomic E-state index is 0.0572. The quantitative estimate of drug-likeness (QED) is 0.342. The van der Waals surface area contributed by atoms with Crippen LogP contribution < -0.4 is 10.2 Å². The second-order valence-electron chi connectivity index (χ2n) is 8.25. The maximum absolute atomic E-state index is 13.5. The normalized spacial score (nSPS) is 15.6. The minimum atomic E-state index is -0.748. The SMILES string of the molecule is Cc1ccc(N2C(=O)[C@@H](CC(=O)Nc3ccc(Cl)cc3)N(CCc3ccc(Cl)cc3Cl)C2=S)cc1. The highest BCUT2D eigenvalue weighted by molar-refractivity contribution is 7.80. The number of amides is 2. The van der Waals surface area contributed by atoms with Gasteiger partial charge in [0, 0.05) is 27.3 Å². The molecule has 1 saturated heterocycles. The average Bonchev–Trinajstić information content (AvgIpc) is 3.04. The first-order valence-electron chi connectivity index (χ1n) is 10.9. The zero-order chi connectivity index (χ0) is 25.1. The molecule has 1 aliphatic heterocycles. The molecule has 1 heterocycles. The molecule has 0 radical (unpaired) electrons. The molecule has 1 atom stereocenters. The van der Waals surface area contributed by atoms with Crippen LogP contribution in [0.2, 0.25) is 15.1 Å². The Bertz CT molecular complexity index is 1270. The second kappa shape index (κ2) is 11.0. The van der Waals surface area contributed by atoms with Gasteiger partial charge in [0.25, 0.3) is 5.91 Å². The van der Waals surface area contributed by atoms with Gasteiger partial charge in [0.05, 0.1) is 12.1 Å². The molecule has 4 rings (SSSR count). The molecule has 5 nitrogen and oxygen atoms in total. The summed E-state index contributed by atoms with van der Waals surface area (Å²) in [6, 6.07) is 18.9. The summed E-state index contributed by atoms with van der Waals surface area (Å²) >= 11 is 24.0. The number of aryl methyl sites for hydroxylation is 1. The van der Waals surface area contributed by atoms with Crippen molar-refractivity contribution in [1.29, 1.82) is 0 Å². The van der Waals surface area contributed by atoms with Gasteiger partial charge in [-0.25, -0.2) is 0 Å². The molecule has 0 spiro atoms. The maximum Gasteiger partial charge on any atom is 0.256 e. The van der Waals surface area contributed by atoms with E-state index in [2.05, 4.69) is 5.32 Å². The van der Waals surface area contributed by atoms with Crippen LogP contribution >= 0.6 is 47.0 Å². The molecule has 0 saturated carbocycles. The zero-order valence-electron chi connectivity index (χ0n) is 18.8. The summed E-state index contributed by atoms with van der Waals surface area (Å²) in [5, 5.41) is 4.85. The third-order valence-electron chi connectivity index (χ3n) is 5.75. The Labute approximate surface area is 224 Å². The number of anilines is 2. The first kappa shape index (κ1) is 25.5. The summed E-state index contributed by atoms with van der Waals surface area (Å²) in [7, 11) is 0. The molecule has 0 unspecified atom stereocenters. The monoisotopic (exact) mass is 545 g/mol. The highest BCUT2D eigenvalue weighted by atomic mass is 35.5. The molecule has 1 aliphatic rings. The van der Waals surface area contributed by atoms with Gasteiger partial charge in [-0.15, -0.1) is 0 Å². The van der Waals surface area contributed by atoms with E-state index in [0.717, 1.165) is 11.1 Å². The summed E-state index contributed by atoms with van der Waals surface area (Å²) in [4.78, 5) is 29.7. The molecule has 0 aliphatic carbocycles. The molecular weight excluding hydrogens is 525 g/mol. The number of thiocarbonyl (C=S) groups is 1. The molecule has 180 valence electrons. The van der Waals surface area contributed by atoms with Gasteiger partial charge in [0.1, 0.15) is 6.04 Å². The summed E-state index contributed by atoms with van der Waals surface area (Å²) in [5.74, 6) is -0.541. The van der Waals surface area contributed by atoms with Crippen molar-refractivity contribution in [3.8, 4) is 0 Å². The average molecular weight is 547 g/mol. The van der Waals surface area contributed by atoms with Crippen molar-refractivity contribution in [3.63, 3.8) is 0 Å². The summed E-state index contributed by atoms with van der Waals surface area (Å²) < 4.78 is 0. The van der Waals surface area contributed by atoms with Crippen molar-refractivity contribution >= 4 is 75.3 Å². The van der Waals surface area contributed by atoms with Crippen LogP contribution in [0.15, 0.2) is 66.7 Å². The molecule has 0 bridgehead atoms. The summed E-state index contributed by atoms with van der Waals surface area (Å²) in [6.45, 7) is 2.38. The number of carbonyl (C=O) groups is 2. The van der Waals surface area contributed by atoms with Gasteiger partial charge in [-0.05, 0) is 79.7 Å². The van der Waals surface area contributed by atoms with E-state index in [1.54, 1.807) is 41.3 Å². The standard InChI is InChI=1S/C26H22Cl3N3O2S/c1-16-2-10-21(11-3-16)32-25(34)23(15-24(33)30-20-8-6-18(27)7-9-20)31(26(32)35)13-12-17-4-5-19(28)14-22(17)29/h2-11,14,23H,12-13,15H2,1H3,(H,30,33)/t23-/m1/s1. The maximum atomic E-state index is 13.5. The predicted octanol–water partition coefficient (Wildman–Crippen LogP) is 6.53. The number of hydrogen-bond acceptors (Lipinski definition) is 3. The van der Waals surface area contributed by atoms with Crippen LogP contribution in [0.4, 0.5) is 11.4 Å². The molecule has 3 aromatic rings. The molecule has 9 heteroatoms. The highest BCUT2D eigenvalue weighted by Gasteiger charge is 2.43. The first-order valence-corrected chi connectivity index (χ1v) is 12.5. The Balaban J connectivity index is 1.57. The fourth-order valence-electron chi connectivity index (χ4n) is 3.91. The number of carbonyl (C=O) groups excluding carboxylic acids is 2. The Morgan fingerprint density at radius 1 is 0.971 bits per heavy atom. The van der Waals surface area contributed by atoms with Crippen molar-refractivity contribution in [2.45, 2.75) is 25.8 Å². The number of nitrogens with one attached hydrogen (secondary N) is 1. The van der Waals surface area contributed by atoms with Crippen LogP contribution in [-0.2, 0) is 16.0 Å². The number of hydrogen-bond donors (Lipinski definition) is 1. The third kappa shape index (κ3) is 5.96. The summed E-state index contributed by atoms with van der Waals surface area (Å²) in [6.07, 6.45) is 0.471. The van der Waals surface area contributed by atoms with Crippen molar-refractivity contribution < 1.29 is 9.59 Å². The lowest BCUT2D eigenvalue weighted by Gasteiger charge is -2.24. The van der Waals surface area contributed by atoms with E-state index < -0.39 is 6.04 Å². The van der Waals surface area contributed by atoms with Crippen molar-refractivity contribution in [3.05, 3.63) is 92.9 Å². The van der Waals surface area contributed by atoms with Gasteiger partial charge in [-0.2, -0.15) is 0 Å². The molecule has 1 N–H and O–H groups in total. The minimum Gasteiger partial charge on any atom is -0.336 e. The van der Waals surface area contributed by atoms with E-state index in [-0.39, 0.29) is 18.2 Å². The molecule has 0 aromatic heterocycles. The van der Waals surface area contributed by atoms with Crippen LogP contribution in [-0.4, -0.2) is 34.4 Å². The molecule has 1 fully saturated rings. The Morgan fingerprint density at radius 3 is 2.29 bits per heavy atom.